The molecule has 0 aliphatic heterocycles. The van der Waals surface area contributed by atoms with Crippen LogP contribution in [0.1, 0.15) is 31.9 Å². The molecule has 0 saturated heterocycles. The zero-order valence-corrected chi connectivity index (χ0v) is 14.4. The van der Waals surface area contributed by atoms with Gasteiger partial charge in [-0.1, -0.05) is 20.8 Å². The van der Waals surface area contributed by atoms with Gasteiger partial charge in [0.1, 0.15) is 11.5 Å². The second kappa shape index (κ2) is 5.79. The highest BCUT2D eigenvalue weighted by molar-refractivity contribution is 6.74. The zero-order valence-electron chi connectivity index (χ0n) is 13.4. The van der Waals surface area contributed by atoms with E-state index in [0.29, 0.717) is 5.75 Å². The Bertz CT molecular complexity index is 458. The summed E-state index contributed by atoms with van der Waals surface area (Å²) in [5.41, 5.74) is 1.65. The topological polar surface area (TPSA) is 58.9 Å². The van der Waals surface area contributed by atoms with Crippen LogP contribution in [0.5, 0.6) is 11.5 Å². The highest BCUT2D eigenvalue weighted by Crippen LogP contribution is 2.38. The van der Waals surface area contributed by atoms with Gasteiger partial charge in [0.05, 0.1) is 0 Å². The molecule has 0 atom stereocenters. The summed E-state index contributed by atoms with van der Waals surface area (Å²) < 4.78 is 11.2. The van der Waals surface area contributed by atoms with Crippen molar-refractivity contribution in [1.29, 1.82) is 0 Å². The van der Waals surface area contributed by atoms with E-state index in [4.69, 9.17) is 19.1 Å². The third-order valence-electron chi connectivity index (χ3n) is 3.84. The summed E-state index contributed by atoms with van der Waals surface area (Å²) >= 11 is 0. The van der Waals surface area contributed by atoms with Crippen LogP contribution in [0.15, 0.2) is 12.1 Å². The van der Waals surface area contributed by atoms with Gasteiger partial charge in [0.15, 0.2) is 0 Å². The first kappa shape index (κ1) is 17.1. The van der Waals surface area contributed by atoms with Gasteiger partial charge >= 0.3 is 7.32 Å². The van der Waals surface area contributed by atoms with Crippen molar-refractivity contribution in [3.63, 3.8) is 0 Å². The monoisotopic (exact) mass is 296 g/mol. The molecule has 0 heterocycles. The summed E-state index contributed by atoms with van der Waals surface area (Å²) in [4.78, 5) is 0. The van der Waals surface area contributed by atoms with Gasteiger partial charge in [-0.05, 0) is 55.2 Å². The molecule has 0 saturated carbocycles. The van der Waals surface area contributed by atoms with Crippen LogP contribution >= 0.6 is 0 Å². The molecular weight excluding hydrogens is 271 g/mol. The van der Waals surface area contributed by atoms with Gasteiger partial charge in [-0.3, -0.25) is 0 Å². The molecule has 6 heteroatoms. The fourth-order valence-electron chi connectivity index (χ4n) is 1.71. The van der Waals surface area contributed by atoms with Crippen molar-refractivity contribution < 1.29 is 19.1 Å². The van der Waals surface area contributed by atoms with Crippen LogP contribution in [-0.4, -0.2) is 25.7 Å². The second-order valence-corrected chi connectivity index (χ2v) is 11.4. The fraction of sp³-hybridized carbons (Fsp3) is 0.571. The quantitative estimate of drug-likeness (QED) is 0.838. The van der Waals surface area contributed by atoms with E-state index in [1.807, 2.05) is 26.0 Å². The maximum atomic E-state index is 8.93. The lowest BCUT2D eigenvalue weighted by Gasteiger charge is -2.36. The maximum Gasteiger partial charge on any atom is 0.707 e. The highest BCUT2D eigenvalue weighted by atomic mass is 28.4. The Labute approximate surface area is 123 Å². The Balaban J connectivity index is 3.06. The molecule has 0 fully saturated rings. The zero-order chi connectivity index (χ0) is 15.7. The molecule has 4 nitrogen and oxygen atoms in total. The van der Waals surface area contributed by atoms with Gasteiger partial charge < -0.3 is 19.1 Å². The minimum Gasteiger partial charge on any atom is -0.543 e. The molecule has 0 bridgehead atoms. The lowest BCUT2D eigenvalue weighted by atomic mass is 10.1. The first-order valence-electron chi connectivity index (χ1n) is 6.77. The van der Waals surface area contributed by atoms with E-state index in [2.05, 4.69) is 33.9 Å². The first-order chi connectivity index (χ1) is 8.94. The van der Waals surface area contributed by atoms with Gasteiger partial charge in [0, 0.05) is 0 Å². The maximum absolute atomic E-state index is 8.93. The molecule has 0 aliphatic carbocycles. The van der Waals surface area contributed by atoms with Crippen molar-refractivity contribution in [3.05, 3.63) is 23.3 Å². The molecule has 2 N–H and O–H groups in total. The highest BCUT2D eigenvalue weighted by Gasteiger charge is 2.39. The summed E-state index contributed by atoms with van der Waals surface area (Å²) in [6, 6.07) is 3.76. The third kappa shape index (κ3) is 4.01. The molecule has 20 heavy (non-hydrogen) atoms. The van der Waals surface area contributed by atoms with Gasteiger partial charge in [-0.15, -0.1) is 0 Å². The number of benzene rings is 1. The Morgan fingerprint density at radius 3 is 1.85 bits per heavy atom. The van der Waals surface area contributed by atoms with E-state index in [0.717, 1.165) is 16.9 Å². The minimum absolute atomic E-state index is 0.130. The van der Waals surface area contributed by atoms with Crippen molar-refractivity contribution in [1.82, 2.24) is 0 Å². The van der Waals surface area contributed by atoms with Gasteiger partial charge in [-0.2, -0.15) is 0 Å². The van der Waals surface area contributed by atoms with Crippen LogP contribution in [0.3, 0.4) is 0 Å². The van der Waals surface area contributed by atoms with Gasteiger partial charge in [0.2, 0.25) is 8.32 Å². The van der Waals surface area contributed by atoms with Gasteiger partial charge in [0.25, 0.3) is 0 Å². The van der Waals surface area contributed by atoms with Crippen molar-refractivity contribution >= 4 is 15.6 Å². The van der Waals surface area contributed by atoms with E-state index in [9.17, 15) is 0 Å². The average Bonchev–Trinajstić information content (AvgIpc) is 2.20. The predicted octanol–water partition coefficient (Wildman–Crippen LogP) is 3.04. The Kier molecular flexibility index (Phi) is 4.95. The molecule has 0 aromatic heterocycles. The largest absolute Gasteiger partial charge is 0.707 e. The fourth-order valence-corrected chi connectivity index (χ4v) is 2.72. The van der Waals surface area contributed by atoms with E-state index in [1.165, 1.54) is 0 Å². The van der Waals surface area contributed by atoms with E-state index >= 15 is 0 Å². The second-order valence-electron chi connectivity index (χ2n) is 6.69. The van der Waals surface area contributed by atoms with Crippen molar-refractivity contribution in [2.45, 2.75) is 52.8 Å². The minimum atomic E-state index is -1.88. The Morgan fingerprint density at radius 1 is 1.05 bits per heavy atom. The summed E-state index contributed by atoms with van der Waals surface area (Å²) in [7, 11) is -3.69. The SMILES string of the molecule is Cc1cc(O[Si](C)(C)C(C)(C)C)cc(C)c1OB(O)O. The van der Waals surface area contributed by atoms with Crippen LogP contribution in [0, 0.1) is 13.8 Å². The van der Waals surface area contributed by atoms with E-state index in [1.54, 1.807) is 0 Å². The standard InChI is InChI=1S/C14H25BO4Si/c1-10-8-12(19-20(6,7)14(3,4)5)9-11(2)13(10)18-15(16)17/h8-9,16-17H,1-7H3. The molecule has 1 rings (SSSR count). The Morgan fingerprint density at radius 2 is 1.50 bits per heavy atom. The molecule has 0 radical (unpaired) electrons. The summed E-state index contributed by atoms with van der Waals surface area (Å²) in [5, 5.41) is 18.0. The molecular formula is C14H25BO4Si. The Hall–Kier alpha value is -0.978. The lowest BCUT2D eigenvalue weighted by Crippen LogP contribution is -2.43. The van der Waals surface area contributed by atoms with Crippen LogP contribution in [-0.2, 0) is 0 Å². The third-order valence-corrected chi connectivity index (χ3v) is 8.19. The number of rotatable bonds is 4. The van der Waals surface area contributed by atoms with E-state index in [-0.39, 0.29) is 5.04 Å². The molecule has 1 aromatic rings. The average molecular weight is 296 g/mol. The van der Waals surface area contributed by atoms with Crippen molar-refractivity contribution in [2.75, 3.05) is 0 Å². The normalized spacial score (nSPS) is 12.2. The summed E-state index contributed by atoms with van der Waals surface area (Å²) in [5.74, 6) is 1.30. The molecule has 112 valence electrons. The molecule has 0 aliphatic rings. The van der Waals surface area contributed by atoms with E-state index < -0.39 is 15.6 Å². The van der Waals surface area contributed by atoms with Crippen LogP contribution in [0.4, 0.5) is 0 Å². The number of aryl methyl sites for hydroxylation is 2. The molecule has 0 amide bonds. The van der Waals surface area contributed by atoms with Gasteiger partial charge in [-0.25, -0.2) is 0 Å². The summed E-state index contributed by atoms with van der Waals surface area (Å²) in [6.45, 7) is 14.7. The smallest absolute Gasteiger partial charge is 0.543 e. The van der Waals surface area contributed by atoms with Crippen LogP contribution in [0.2, 0.25) is 18.1 Å². The predicted molar refractivity (Wildman–Crippen MR) is 84.6 cm³/mol. The van der Waals surface area contributed by atoms with Crippen molar-refractivity contribution in [3.8, 4) is 11.5 Å². The summed E-state index contributed by atoms with van der Waals surface area (Å²) in [6.07, 6.45) is 0. The lowest BCUT2D eigenvalue weighted by molar-refractivity contribution is 0.286. The molecule has 1 aromatic carbocycles. The van der Waals surface area contributed by atoms with Crippen LogP contribution < -0.4 is 9.08 Å². The van der Waals surface area contributed by atoms with Crippen molar-refractivity contribution in [2.24, 2.45) is 0 Å². The van der Waals surface area contributed by atoms with Crippen LogP contribution in [0.25, 0.3) is 0 Å². The first-order valence-corrected chi connectivity index (χ1v) is 9.68. The number of hydrogen-bond acceptors (Lipinski definition) is 4. The number of hydrogen-bond donors (Lipinski definition) is 2. The molecule has 0 spiro atoms. The molecule has 0 unspecified atom stereocenters.